The van der Waals surface area contributed by atoms with Crippen molar-refractivity contribution in [2.24, 2.45) is 0 Å². The Kier molecular flexibility index (Phi) is 4.80. The van der Waals surface area contributed by atoms with Crippen molar-refractivity contribution >= 4 is 11.6 Å². The van der Waals surface area contributed by atoms with Crippen molar-refractivity contribution in [1.29, 1.82) is 0 Å². The molecule has 5 rings (SSSR count). The third-order valence-corrected chi connectivity index (χ3v) is 5.27. The van der Waals surface area contributed by atoms with Gasteiger partial charge in [-0.2, -0.15) is 0 Å². The minimum absolute atomic E-state index is 0.211. The maximum absolute atomic E-state index is 12.7. The van der Waals surface area contributed by atoms with E-state index >= 15 is 0 Å². The Labute approximate surface area is 173 Å². The van der Waals surface area contributed by atoms with Crippen LogP contribution in [-0.4, -0.2) is 35.2 Å². The Hall–Kier alpha value is -3.81. The lowest BCUT2D eigenvalue weighted by Crippen LogP contribution is -2.12. The number of nitrogens with one attached hydrogen (secondary N) is 1. The predicted molar refractivity (Wildman–Crippen MR) is 112 cm³/mol. The summed E-state index contributed by atoms with van der Waals surface area (Å²) in [7, 11) is 0. The van der Waals surface area contributed by atoms with Crippen molar-refractivity contribution in [2.45, 2.75) is 32.2 Å². The molecule has 1 aliphatic heterocycles. The molecule has 1 N–H and O–H groups in total. The van der Waals surface area contributed by atoms with Gasteiger partial charge in [0.2, 0.25) is 0 Å². The number of carbonyl (C=O) groups is 1. The summed E-state index contributed by atoms with van der Waals surface area (Å²) in [4.78, 5) is 21.0. The van der Waals surface area contributed by atoms with E-state index in [1.165, 1.54) is 6.42 Å². The Morgan fingerprint density at radius 2 is 2.03 bits per heavy atom. The molecule has 4 aromatic rings. The molecule has 4 heterocycles. The average molecular weight is 399 g/mol. The van der Waals surface area contributed by atoms with Crippen molar-refractivity contribution < 1.29 is 4.79 Å². The zero-order chi connectivity index (χ0) is 20.3. The number of anilines is 1. The van der Waals surface area contributed by atoms with Crippen LogP contribution in [0.1, 0.15) is 35.4 Å². The molecule has 8 nitrogen and oxygen atoms in total. The van der Waals surface area contributed by atoms with Crippen LogP contribution in [0, 0.1) is 0 Å². The molecule has 1 aliphatic rings. The molecule has 0 fully saturated rings. The maximum Gasteiger partial charge on any atom is 0.257 e. The second-order valence-corrected chi connectivity index (χ2v) is 7.31. The zero-order valence-corrected chi connectivity index (χ0v) is 16.4. The van der Waals surface area contributed by atoms with Crippen molar-refractivity contribution in [3.63, 3.8) is 0 Å². The number of hydrogen-bond donors (Lipinski definition) is 1. The highest BCUT2D eigenvalue weighted by Crippen LogP contribution is 2.25. The number of aromatic nitrogens is 6. The molecule has 1 amide bonds. The van der Waals surface area contributed by atoms with Gasteiger partial charge in [0, 0.05) is 42.8 Å². The minimum Gasteiger partial charge on any atom is -0.322 e. The van der Waals surface area contributed by atoms with E-state index in [1.54, 1.807) is 41.6 Å². The maximum atomic E-state index is 12.7. The fraction of sp³-hybridized carbons (Fsp3) is 0.227. The highest BCUT2D eigenvalue weighted by atomic mass is 16.1. The first kappa shape index (κ1) is 18.2. The lowest BCUT2D eigenvalue weighted by Gasteiger charge is -2.10. The summed E-state index contributed by atoms with van der Waals surface area (Å²) < 4.78 is 3.99. The van der Waals surface area contributed by atoms with Gasteiger partial charge < -0.3 is 9.88 Å². The Morgan fingerprint density at radius 3 is 2.87 bits per heavy atom. The molecule has 0 bridgehead atoms. The summed E-state index contributed by atoms with van der Waals surface area (Å²) in [5.74, 6) is 2.39. The van der Waals surface area contributed by atoms with Gasteiger partial charge in [-0.25, -0.2) is 9.97 Å². The number of pyridine rings is 1. The Bertz CT molecular complexity index is 1160. The molecule has 0 radical (unpaired) electrons. The number of fused-ring (bicyclic) bond motifs is 1. The monoisotopic (exact) mass is 399 g/mol. The van der Waals surface area contributed by atoms with Crippen LogP contribution in [0.25, 0.3) is 17.2 Å². The molecule has 0 unspecified atom stereocenters. The molecule has 1 aromatic carbocycles. The van der Waals surface area contributed by atoms with Gasteiger partial charge in [0.25, 0.3) is 5.91 Å². The number of benzene rings is 1. The van der Waals surface area contributed by atoms with E-state index in [4.69, 9.17) is 0 Å². The second kappa shape index (κ2) is 7.90. The van der Waals surface area contributed by atoms with Crippen LogP contribution in [0.3, 0.4) is 0 Å². The molecule has 0 atom stereocenters. The molecule has 8 heteroatoms. The van der Waals surface area contributed by atoms with Gasteiger partial charge in [0.15, 0.2) is 5.82 Å². The standard InChI is InChI=1S/C22H21N7O/c30-22(17-8-9-19(24-14-17)28-12-10-23-15-28)25-18-6-4-5-16(13-18)21-27-26-20-7-2-1-3-11-29(20)21/h4-6,8-10,12-15H,1-3,7,11H2,(H,25,30). The summed E-state index contributed by atoms with van der Waals surface area (Å²) in [6.45, 7) is 0.934. The number of carbonyl (C=O) groups excluding carboxylic acids is 1. The van der Waals surface area contributed by atoms with Crippen molar-refractivity contribution in [3.8, 4) is 17.2 Å². The number of aryl methyl sites for hydroxylation is 1. The first-order valence-electron chi connectivity index (χ1n) is 10.1. The van der Waals surface area contributed by atoms with Gasteiger partial charge in [-0.1, -0.05) is 18.6 Å². The number of hydrogen-bond acceptors (Lipinski definition) is 5. The number of imidazole rings is 1. The summed E-state index contributed by atoms with van der Waals surface area (Å²) in [6.07, 6.45) is 11.2. The number of amides is 1. The first-order chi connectivity index (χ1) is 14.8. The van der Waals surface area contributed by atoms with Gasteiger partial charge in [-0.15, -0.1) is 10.2 Å². The van der Waals surface area contributed by atoms with Crippen LogP contribution in [0.4, 0.5) is 5.69 Å². The predicted octanol–water partition coefficient (Wildman–Crippen LogP) is 3.50. The summed E-state index contributed by atoms with van der Waals surface area (Å²) in [5.41, 5.74) is 2.14. The van der Waals surface area contributed by atoms with Crippen LogP contribution < -0.4 is 5.32 Å². The lowest BCUT2D eigenvalue weighted by molar-refractivity contribution is 0.102. The molecule has 0 aliphatic carbocycles. The van der Waals surface area contributed by atoms with Gasteiger partial charge in [-0.3, -0.25) is 9.36 Å². The topological polar surface area (TPSA) is 90.5 Å². The molecule has 150 valence electrons. The van der Waals surface area contributed by atoms with Crippen LogP contribution in [0.2, 0.25) is 0 Å². The SMILES string of the molecule is O=C(Nc1cccc(-c2nnc3n2CCCCC3)c1)c1ccc(-n2ccnc2)nc1. The van der Waals surface area contributed by atoms with E-state index in [9.17, 15) is 4.79 Å². The molecule has 30 heavy (non-hydrogen) atoms. The Morgan fingerprint density at radius 1 is 1.07 bits per heavy atom. The zero-order valence-electron chi connectivity index (χ0n) is 16.4. The second-order valence-electron chi connectivity index (χ2n) is 7.31. The molecule has 3 aromatic heterocycles. The Balaban J connectivity index is 1.35. The fourth-order valence-electron chi connectivity index (χ4n) is 3.71. The first-order valence-corrected chi connectivity index (χ1v) is 10.1. The van der Waals surface area contributed by atoms with E-state index < -0.39 is 0 Å². The van der Waals surface area contributed by atoms with E-state index in [0.29, 0.717) is 17.1 Å². The van der Waals surface area contributed by atoms with Crippen molar-refractivity contribution in [3.05, 3.63) is 72.7 Å². The van der Waals surface area contributed by atoms with Gasteiger partial charge in [-0.05, 0) is 37.1 Å². The van der Waals surface area contributed by atoms with Crippen LogP contribution in [0.5, 0.6) is 0 Å². The van der Waals surface area contributed by atoms with E-state index in [-0.39, 0.29) is 5.91 Å². The van der Waals surface area contributed by atoms with Gasteiger partial charge in [0.05, 0.1) is 5.56 Å². The third-order valence-electron chi connectivity index (χ3n) is 5.27. The van der Waals surface area contributed by atoms with Gasteiger partial charge >= 0.3 is 0 Å². The highest BCUT2D eigenvalue weighted by Gasteiger charge is 2.16. The third kappa shape index (κ3) is 3.59. The molecule has 0 saturated carbocycles. The largest absolute Gasteiger partial charge is 0.322 e. The van der Waals surface area contributed by atoms with E-state index in [2.05, 4.69) is 30.0 Å². The number of rotatable bonds is 4. The minimum atomic E-state index is -0.211. The van der Waals surface area contributed by atoms with Crippen molar-refractivity contribution in [1.82, 2.24) is 29.3 Å². The normalized spacial score (nSPS) is 13.5. The molecule has 0 spiro atoms. The lowest BCUT2D eigenvalue weighted by atomic mass is 10.1. The summed E-state index contributed by atoms with van der Waals surface area (Å²) >= 11 is 0. The van der Waals surface area contributed by atoms with Crippen molar-refractivity contribution in [2.75, 3.05) is 5.32 Å². The van der Waals surface area contributed by atoms with Gasteiger partial charge in [0.1, 0.15) is 18.0 Å². The van der Waals surface area contributed by atoms with E-state index in [0.717, 1.165) is 43.0 Å². The van der Waals surface area contributed by atoms with Crippen LogP contribution >= 0.6 is 0 Å². The molecule has 0 saturated heterocycles. The average Bonchev–Trinajstić information content (AvgIpc) is 3.40. The summed E-state index contributed by atoms with van der Waals surface area (Å²) in [6, 6.07) is 11.3. The quantitative estimate of drug-likeness (QED) is 0.567. The van der Waals surface area contributed by atoms with Crippen LogP contribution in [0.15, 0.2) is 61.3 Å². The fourth-order valence-corrected chi connectivity index (χ4v) is 3.71. The number of nitrogens with zero attached hydrogens (tertiary/aromatic N) is 6. The van der Waals surface area contributed by atoms with Crippen LogP contribution in [-0.2, 0) is 13.0 Å². The smallest absolute Gasteiger partial charge is 0.257 e. The van der Waals surface area contributed by atoms with E-state index in [1.807, 2.05) is 24.3 Å². The highest BCUT2D eigenvalue weighted by molar-refractivity contribution is 6.04. The molecular weight excluding hydrogens is 378 g/mol. The molecular formula is C22H21N7O. The summed E-state index contributed by atoms with van der Waals surface area (Å²) in [5, 5.41) is 11.7.